The number of hydrogen-bond acceptors (Lipinski definition) is 4. The summed E-state index contributed by atoms with van der Waals surface area (Å²) in [5.41, 5.74) is 0. The van der Waals surface area contributed by atoms with E-state index >= 15 is 0 Å². The number of nitrogens with one attached hydrogen (secondary N) is 1. The van der Waals surface area contributed by atoms with Crippen molar-refractivity contribution in [1.29, 1.82) is 0 Å². The molecule has 0 aromatic carbocycles. The summed E-state index contributed by atoms with van der Waals surface area (Å²) in [6.45, 7) is 6.89. The minimum atomic E-state index is 0.154. The average molecular weight is 324 g/mol. The van der Waals surface area contributed by atoms with E-state index in [-0.39, 0.29) is 17.9 Å². The van der Waals surface area contributed by atoms with Gasteiger partial charge in [0.25, 0.3) is 0 Å². The van der Waals surface area contributed by atoms with Crippen molar-refractivity contribution in [2.45, 2.75) is 70.1 Å². The zero-order valence-electron chi connectivity index (χ0n) is 14.5. The number of piperidine rings is 1. The predicted molar refractivity (Wildman–Crippen MR) is 89.3 cm³/mol. The molecule has 3 fully saturated rings. The smallest absolute Gasteiger partial charge is 0.223 e. The highest BCUT2D eigenvalue weighted by Crippen LogP contribution is 2.24. The van der Waals surface area contributed by atoms with Gasteiger partial charge in [0.15, 0.2) is 0 Å². The Bertz CT molecular complexity index is 374. The topological polar surface area (TPSA) is 50.8 Å². The molecule has 3 atom stereocenters. The molecule has 1 N–H and O–H groups in total. The average Bonchev–Trinajstić information content (AvgIpc) is 3.11. The predicted octanol–water partition coefficient (Wildman–Crippen LogP) is 1.95. The van der Waals surface area contributed by atoms with Crippen LogP contribution in [0.1, 0.15) is 51.9 Å². The van der Waals surface area contributed by atoms with Crippen LogP contribution >= 0.6 is 0 Å². The Balaban J connectivity index is 1.40. The van der Waals surface area contributed by atoms with Gasteiger partial charge in [-0.05, 0) is 38.5 Å². The largest absolute Gasteiger partial charge is 0.380 e. The SMILES string of the molecule is CCC[C@@H]1C[C@@H](C(=O)NC2CCN([C@H]3CCOC3)CC2)CCO1. The summed E-state index contributed by atoms with van der Waals surface area (Å²) < 4.78 is 11.2. The Kier molecular flexibility index (Phi) is 6.31. The van der Waals surface area contributed by atoms with Gasteiger partial charge in [0.05, 0.1) is 12.7 Å². The molecule has 3 rings (SSSR count). The van der Waals surface area contributed by atoms with Crippen LogP contribution in [0.25, 0.3) is 0 Å². The molecule has 5 nitrogen and oxygen atoms in total. The lowest BCUT2D eigenvalue weighted by Gasteiger charge is -2.36. The Hall–Kier alpha value is -0.650. The maximum atomic E-state index is 12.6. The van der Waals surface area contributed by atoms with E-state index in [2.05, 4.69) is 17.1 Å². The molecule has 0 bridgehead atoms. The van der Waals surface area contributed by atoms with Crippen molar-refractivity contribution >= 4 is 5.91 Å². The lowest BCUT2D eigenvalue weighted by atomic mass is 9.92. The third kappa shape index (κ3) is 4.68. The fourth-order valence-corrected chi connectivity index (χ4v) is 4.18. The molecule has 0 aliphatic carbocycles. The van der Waals surface area contributed by atoms with E-state index < -0.39 is 0 Å². The molecule has 3 aliphatic heterocycles. The monoisotopic (exact) mass is 324 g/mol. The summed E-state index contributed by atoms with van der Waals surface area (Å²) >= 11 is 0. The van der Waals surface area contributed by atoms with Gasteiger partial charge in [0, 0.05) is 44.3 Å². The Labute approximate surface area is 140 Å². The molecule has 3 aliphatic rings. The van der Waals surface area contributed by atoms with Gasteiger partial charge >= 0.3 is 0 Å². The van der Waals surface area contributed by atoms with Crippen LogP contribution in [0, 0.1) is 5.92 Å². The van der Waals surface area contributed by atoms with Gasteiger partial charge in [0.2, 0.25) is 5.91 Å². The summed E-state index contributed by atoms with van der Waals surface area (Å²) in [5.74, 6) is 0.415. The van der Waals surface area contributed by atoms with Crippen LogP contribution < -0.4 is 5.32 Å². The summed E-state index contributed by atoms with van der Waals surface area (Å²) in [5, 5.41) is 3.31. The Morgan fingerprint density at radius 3 is 2.70 bits per heavy atom. The van der Waals surface area contributed by atoms with Crippen LogP contribution in [-0.4, -0.2) is 61.9 Å². The first-order valence-corrected chi connectivity index (χ1v) is 9.50. The molecule has 0 aromatic heterocycles. The molecule has 23 heavy (non-hydrogen) atoms. The molecule has 0 aromatic rings. The molecule has 0 spiro atoms. The highest BCUT2D eigenvalue weighted by Gasteiger charge is 2.31. The van der Waals surface area contributed by atoms with Crippen molar-refractivity contribution < 1.29 is 14.3 Å². The van der Waals surface area contributed by atoms with Gasteiger partial charge in [-0.15, -0.1) is 0 Å². The number of hydrogen-bond donors (Lipinski definition) is 1. The van der Waals surface area contributed by atoms with Crippen molar-refractivity contribution in [3.63, 3.8) is 0 Å². The standard InChI is InChI=1S/C18H32N2O3/c1-2-3-17-12-14(6-11-23-17)18(21)19-15-4-8-20(9-5-15)16-7-10-22-13-16/h14-17H,2-13H2,1H3,(H,19,21)/t14-,16-,17+/m0/s1. The number of carbonyl (C=O) groups excluding carboxylic acids is 1. The first kappa shape index (κ1) is 17.2. The summed E-state index contributed by atoms with van der Waals surface area (Å²) in [6, 6.07) is 0.963. The third-order valence-electron chi connectivity index (χ3n) is 5.65. The van der Waals surface area contributed by atoms with Gasteiger partial charge < -0.3 is 14.8 Å². The molecular formula is C18H32N2O3. The molecule has 3 saturated heterocycles. The van der Waals surface area contributed by atoms with E-state index in [1.54, 1.807) is 0 Å². The molecular weight excluding hydrogens is 292 g/mol. The first-order chi connectivity index (χ1) is 11.3. The number of carbonyl (C=O) groups is 1. The van der Waals surface area contributed by atoms with Crippen LogP contribution in [-0.2, 0) is 14.3 Å². The number of rotatable bonds is 5. The molecule has 3 heterocycles. The zero-order valence-corrected chi connectivity index (χ0v) is 14.5. The Morgan fingerprint density at radius 2 is 2.00 bits per heavy atom. The van der Waals surface area contributed by atoms with E-state index in [9.17, 15) is 4.79 Å². The highest BCUT2D eigenvalue weighted by molar-refractivity contribution is 5.79. The normalized spacial score (nSPS) is 33.7. The Morgan fingerprint density at radius 1 is 1.17 bits per heavy atom. The van der Waals surface area contributed by atoms with Crippen LogP contribution in [0.2, 0.25) is 0 Å². The van der Waals surface area contributed by atoms with Crippen LogP contribution in [0.3, 0.4) is 0 Å². The maximum absolute atomic E-state index is 12.6. The molecule has 0 unspecified atom stereocenters. The van der Waals surface area contributed by atoms with E-state index in [1.165, 1.54) is 0 Å². The third-order valence-corrected chi connectivity index (χ3v) is 5.65. The lowest BCUT2D eigenvalue weighted by Crippen LogP contribution is -2.49. The highest BCUT2D eigenvalue weighted by atomic mass is 16.5. The number of nitrogens with zero attached hydrogens (tertiary/aromatic N) is 1. The number of likely N-dealkylation sites (tertiary alicyclic amines) is 1. The van der Waals surface area contributed by atoms with E-state index in [1.807, 2.05) is 0 Å². The van der Waals surface area contributed by atoms with E-state index in [0.717, 1.165) is 77.9 Å². The summed E-state index contributed by atoms with van der Waals surface area (Å²) in [4.78, 5) is 15.1. The number of ether oxygens (including phenoxy) is 2. The minimum absolute atomic E-state index is 0.154. The second-order valence-corrected chi connectivity index (χ2v) is 7.34. The van der Waals surface area contributed by atoms with Crippen molar-refractivity contribution in [1.82, 2.24) is 10.2 Å². The van der Waals surface area contributed by atoms with E-state index in [4.69, 9.17) is 9.47 Å². The second kappa shape index (κ2) is 8.45. The molecule has 5 heteroatoms. The van der Waals surface area contributed by atoms with Crippen molar-refractivity contribution in [3.05, 3.63) is 0 Å². The van der Waals surface area contributed by atoms with Crippen molar-refractivity contribution in [2.75, 3.05) is 32.9 Å². The fourth-order valence-electron chi connectivity index (χ4n) is 4.18. The lowest BCUT2D eigenvalue weighted by molar-refractivity contribution is -0.131. The first-order valence-electron chi connectivity index (χ1n) is 9.50. The maximum Gasteiger partial charge on any atom is 0.223 e. The van der Waals surface area contributed by atoms with Crippen LogP contribution in [0.15, 0.2) is 0 Å². The molecule has 132 valence electrons. The zero-order chi connectivity index (χ0) is 16.1. The van der Waals surface area contributed by atoms with Gasteiger partial charge in [0.1, 0.15) is 0 Å². The van der Waals surface area contributed by atoms with Crippen LogP contribution in [0.4, 0.5) is 0 Å². The van der Waals surface area contributed by atoms with Gasteiger partial charge in [-0.2, -0.15) is 0 Å². The fraction of sp³-hybridized carbons (Fsp3) is 0.944. The molecule has 0 radical (unpaired) electrons. The van der Waals surface area contributed by atoms with Gasteiger partial charge in [-0.1, -0.05) is 13.3 Å². The second-order valence-electron chi connectivity index (χ2n) is 7.34. The molecule has 0 saturated carbocycles. The number of amides is 1. The summed E-state index contributed by atoms with van der Waals surface area (Å²) in [7, 11) is 0. The van der Waals surface area contributed by atoms with Gasteiger partial charge in [-0.3, -0.25) is 9.69 Å². The minimum Gasteiger partial charge on any atom is -0.380 e. The molecule has 1 amide bonds. The van der Waals surface area contributed by atoms with Crippen molar-refractivity contribution in [3.8, 4) is 0 Å². The quantitative estimate of drug-likeness (QED) is 0.840. The van der Waals surface area contributed by atoms with E-state index in [0.29, 0.717) is 12.1 Å². The van der Waals surface area contributed by atoms with Crippen LogP contribution in [0.5, 0.6) is 0 Å². The summed E-state index contributed by atoms with van der Waals surface area (Å²) in [6.07, 6.45) is 7.58. The van der Waals surface area contributed by atoms with Gasteiger partial charge in [-0.25, -0.2) is 0 Å². The van der Waals surface area contributed by atoms with Crippen molar-refractivity contribution in [2.24, 2.45) is 5.92 Å².